The second-order valence-corrected chi connectivity index (χ2v) is 11.6. The van der Waals surface area contributed by atoms with Gasteiger partial charge in [0.15, 0.2) is 0 Å². The van der Waals surface area contributed by atoms with Gasteiger partial charge in [0.25, 0.3) is 5.89 Å². The molecule has 2 atom stereocenters. The molecule has 1 amide bonds. The first kappa shape index (κ1) is 29.4. The standard InChI is InChI=1S/C27H30Cl2N4O7/c1-14(2)37-23-20(29)10-15(13-30-23)22-31-21(33-40-22)18-7-6-16(11-19(18)28)38-17-8-9-27(12-17,24(34)35)32-25(36)39-26(3,4)5/h6-7,10-11,13-14,17H,8-9,12H2,1-5H3,(H,32,36)(H,34,35). The summed E-state index contributed by atoms with van der Waals surface area (Å²) in [4.78, 5) is 33.0. The Kier molecular flexibility index (Phi) is 8.46. The third-order valence-corrected chi connectivity index (χ3v) is 6.51. The molecule has 0 saturated heterocycles. The predicted octanol–water partition coefficient (Wildman–Crippen LogP) is 6.17. The summed E-state index contributed by atoms with van der Waals surface area (Å²) in [6.07, 6.45) is 0.843. The molecule has 1 saturated carbocycles. The predicted molar refractivity (Wildman–Crippen MR) is 147 cm³/mol. The van der Waals surface area contributed by atoms with Gasteiger partial charge in [-0.15, -0.1) is 0 Å². The van der Waals surface area contributed by atoms with E-state index in [4.69, 9.17) is 41.9 Å². The van der Waals surface area contributed by atoms with Crippen molar-refractivity contribution >= 4 is 35.3 Å². The quantitative estimate of drug-likeness (QED) is 0.311. The van der Waals surface area contributed by atoms with Gasteiger partial charge in [-0.3, -0.25) is 0 Å². The fraction of sp³-hybridized carbons (Fsp3) is 0.444. The largest absolute Gasteiger partial charge is 0.490 e. The number of amides is 1. The van der Waals surface area contributed by atoms with Crippen LogP contribution in [0.15, 0.2) is 35.0 Å². The van der Waals surface area contributed by atoms with Crippen molar-refractivity contribution in [3.05, 3.63) is 40.5 Å². The van der Waals surface area contributed by atoms with Gasteiger partial charge in [0.2, 0.25) is 11.7 Å². The first-order chi connectivity index (χ1) is 18.7. The van der Waals surface area contributed by atoms with Gasteiger partial charge < -0.3 is 29.2 Å². The summed E-state index contributed by atoms with van der Waals surface area (Å²) in [6.45, 7) is 8.86. The summed E-state index contributed by atoms with van der Waals surface area (Å²) >= 11 is 12.8. The molecule has 1 aliphatic rings. The van der Waals surface area contributed by atoms with Crippen molar-refractivity contribution in [1.82, 2.24) is 20.4 Å². The highest BCUT2D eigenvalue weighted by Crippen LogP contribution is 2.36. The molecule has 1 aromatic carbocycles. The van der Waals surface area contributed by atoms with Crippen LogP contribution < -0.4 is 14.8 Å². The lowest BCUT2D eigenvalue weighted by Gasteiger charge is -2.28. The number of carbonyl (C=O) groups excluding carboxylic acids is 1. The molecule has 3 aromatic rings. The highest BCUT2D eigenvalue weighted by molar-refractivity contribution is 6.33. The second kappa shape index (κ2) is 11.5. The molecule has 0 radical (unpaired) electrons. The number of pyridine rings is 1. The molecular weight excluding hydrogens is 563 g/mol. The summed E-state index contributed by atoms with van der Waals surface area (Å²) in [5.41, 5.74) is -1.23. The number of hydrogen-bond acceptors (Lipinski definition) is 9. The Morgan fingerprint density at radius 3 is 2.58 bits per heavy atom. The highest BCUT2D eigenvalue weighted by atomic mass is 35.5. The summed E-state index contributed by atoms with van der Waals surface area (Å²) in [5.74, 6) is 0.0343. The molecule has 40 heavy (non-hydrogen) atoms. The number of nitrogens with one attached hydrogen (secondary N) is 1. The number of carboxylic acids is 1. The minimum atomic E-state index is -1.49. The number of ether oxygens (including phenoxy) is 3. The van der Waals surface area contributed by atoms with Crippen LogP contribution >= 0.6 is 23.2 Å². The second-order valence-electron chi connectivity index (χ2n) is 10.7. The molecule has 1 fully saturated rings. The molecule has 2 N–H and O–H groups in total. The van der Waals surface area contributed by atoms with E-state index in [0.717, 1.165) is 0 Å². The van der Waals surface area contributed by atoms with Crippen LogP contribution in [0.2, 0.25) is 10.0 Å². The average Bonchev–Trinajstić information content (AvgIpc) is 3.47. The number of carbonyl (C=O) groups is 2. The molecule has 13 heteroatoms. The molecule has 2 heterocycles. The SMILES string of the molecule is CC(C)Oc1ncc(-c2nc(-c3ccc(OC4CCC(NC(=O)OC(C)(C)C)(C(=O)O)C4)cc3Cl)no2)cc1Cl. The van der Waals surface area contributed by atoms with Crippen LogP contribution in [-0.2, 0) is 9.53 Å². The lowest BCUT2D eigenvalue weighted by Crippen LogP contribution is -2.54. The number of alkyl carbamates (subject to hydrolysis) is 1. The van der Waals surface area contributed by atoms with Crippen molar-refractivity contribution in [3.63, 3.8) is 0 Å². The van der Waals surface area contributed by atoms with E-state index in [1.165, 1.54) is 6.20 Å². The Labute approximate surface area is 241 Å². The zero-order valence-electron chi connectivity index (χ0n) is 22.7. The van der Waals surface area contributed by atoms with Gasteiger partial charge in [0.05, 0.1) is 16.7 Å². The maximum absolute atomic E-state index is 12.3. The fourth-order valence-electron chi connectivity index (χ4n) is 4.21. The first-order valence-electron chi connectivity index (χ1n) is 12.6. The number of halogens is 2. The number of carboxylic acid groups (broad SMARTS) is 1. The Balaban J connectivity index is 1.44. The molecule has 2 unspecified atom stereocenters. The number of aromatic nitrogens is 3. The summed E-state index contributed by atoms with van der Waals surface area (Å²) in [5, 5.41) is 17.0. The molecule has 214 valence electrons. The molecule has 0 bridgehead atoms. The van der Waals surface area contributed by atoms with Crippen LogP contribution in [0.25, 0.3) is 22.8 Å². The summed E-state index contributed by atoms with van der Waals surface area (Å²) < 4.78 is 22.2. The van der Waals surface area contributed by atoms with Crippen molar-refractivity contribution in [2.45, 2.75) is 77.2 Å². The lowest BCUT2D eigenvalue weighted by molar-refractivity contribution is -0.144. The summed E-state index contributed by atoms with van der Waals surface area (Å²) in [7, 11) is 0. The van der Waals surface area contributed by atoms with E-state index in [9.17, 15) is 14.7 Å². The highest BCUT2D eigenvalue weighted by Gasteiger charge is 2.48. The molecule has 0 spiro atoms. The van der Waals surface area contributed by atoms with Gasteiger partial charge in [-0.1, -0.05) is 28.4 Å². The molecule has 1 aliphatic carbocycles. The van der Waals surface area contributed by atoms with Crippen LogP contribution in [-0.4, -0.2) is 55.6 Å². The van der Waals surface area contributed by atoms with E-state index < -0.39 is 29.3 Å². The third-order valence-electron chi connectivity index (χ3n) is 5.93. The molecule has 4 rings (SSSR count). The monoisotopic (exact) mass is 592 g/mol. The zero-order chi connectivity index (χ0) is 29.2. The van der Waals surface area contributed by atoms with E-state index in [-0.39, 0.29) is 30.7 Å². The van der Waals surface area contributed by atoms with Crippen molar-refractivity contribution in [2.75, 3.05) is 0 Å². The Hall–Kier alpha value is -3.57. The van der Waals surface area contributed by atoms with Crippen molar-refractivity contribution < 1.29 is 33.4 Å². The lowest BCUT2D eigenvalue weighted by atomic mass is 9.98. The van der Waals surface area contributed by atoms with E-state index in [1.54, 1.807) is 45.0 Å². The molecule has 0 aliphatic heterocycles. The van der Waals surface area contributed by atoms with Gasteiger partial charge in [-0.2, -0.15) is 4.98 Å². The number of benzene rings is 1. The molecular formula is C27H30Cl2N4O7. The van der Waals surface area contributed by atoms with Gasteiger partial charge in [0, 0.05) is 18.2 Å². The van der Waals surface area contributed by atoms with E-state index >= 15 is 0 Å². The van der Waals surface area contributed by atoms with Gasteiger partial charge >= 0.3 is 12.1 Å². The van der Waals surface area contributed by atoms with Gasteiger partial charge in [0.1, 0.15) is 28.0 Å². The zero-order valence-corrected chi connectivity index (χ0v) is 24.2. The fourth-order valence-corrected chi connectivity index (χ4v) is 4.67. The Bertz CT molecular complexity index is 1410. The normalized spacial score (nSPS) is 18.9. The van der Waals surface area contributed by atoms with Crippen molar-refractivity contribution in [3.8, 4) is 34.5 Å². The minimum Gasteiger partial charge on any atom is -0.490 e. The van der Waals surface area contributed by atoms with Crippen LogP contribution in [0.4, 0.5) is 4.79 Å². The number of nitrogens with zero attached hydrogens (tertiary/aromatic N) is 3. The first-order valence-corrected chi connectivity index (χ1v) is 13.4. The Morgan fingerprint density at radius 1 is 1.20 bits per heavy atom. The number of aliphatic carboxylic acids is 1. The maximum atomic E-state index is 12.3. The molecule has 11 nitrogen and oxygen atoms in total. The minimum absolute atomic E-state index is 0.0622. The van der Waals surface area contributed by atoms with Crippen LogP contribution in [0.5, 0.6) is 11.6 Å². The van der Waals surface area contributed by atoms with E-state index in [1.807, 2.05) is 13.8 Å². The number of rotatable bonds is 8. The molecule has 2 aromatic heterocycles. The van der Waals surface area contributed by atoms with E-state index in [2.05, 4.69) is 20.4 Å². The maximum Gasteiger partial charge on any atom is 0.408 e. The Morgan fingerprint density at radius 2 is 1.95 bits per heavy atom. The van der Waals surface area contributed by atoms with Crippen LogP contribution in [0, 0.1) is 0 Å². The van der Waals surface area contributed by atoms with Crippen molar-refractivity contribution in [2.24, 2.45) is 0 Å². The summed E-state index contributed by atoms with van der Waals surface area (Å²) in [6, 6.07) is 6.56. The van der Waals surface area contributed by atoms with E-state index in [0.29, 0.717) is 39.2 Å². The number of hydrogen-bond donors (Lipinski definition) is 2. The van der Waals surface area contributed by atoms with Crippen LogP contribution in [0.1, 0.15) is 53.9 Å². The smallest absolute Gasteiger partial charge is 0.408 e. The van der Waals surface area contributed by atoms with Gasteiger partial charge in [-0.25, -0.2) is 14.6 Å². The van der Waals surface area contributed by atoms with Crippen LogP contribution in [0.3, 0.4) is 0 Å². The van der Waals surface area contributed by atoms with Gasteiger partial charge in [-0.05, 0) is 71.7 Å². The van der Waals surface area contributed by atoms with Crippen molar-refractivity contribution in [1.29, 1.82) is 0 Å². The third kappa shape index (κ3) is 6.95. The topological polar surface area (TPSA) is 146 Å². The average molecular weight is 593 g/mol.